The average molecular weight is 1280 g/mol. The Morgan fingerprint density at radius 1 is 0.593 bits per heavy atom. The monoisotopic (exact) mass is 1280 g/mol. The molecule has 1 aliphatic carbocycles. The fourth-order valence-corrected chi connectivity index (χ4v) is 8.17. The van der Waals surface area contributed by atoms with E-state index in [9.17, 15) is 43.2 Å². The average Bonchev–Trinajstić information content (AvgIpc) is 1.84. The first-order valence-electron chi connectivity index (χ1n) is 29.2. The molecule has 10 atom stereocenters. The lowest BCUT2D eigenvalue weighted by molar-refractivity contribution is -0.162. The summed E-state index contributed by atoms with van der Waals surface area (Å²) in [5.41, 5.74) is 58.3. The van der Waals surface area contributed by atoms with E-state index in [1.807, 2.05) is 74.6 Å². The van der Waals surface area contributed by atoms with Crippen molar-refractivity contribution in [3.63, 3.8) is 0 Å². The standard InChI is InChI=1S/C18H27N3O6.C15H23N5O3.C13H24N2O4.C11H12N2O2.C3H7NO3/c1-10(2)7-13(19)18(25)27-12-5-3-11(4-6-12)8-14(20)17(24)26-9-15(21)16(22)23;16-11(7-4-8-20-15(18)19)13(21)23-14(22)12(17)9-10-5-2-1-3-6-10;1-8(11(15)12(16)17)19-13(18)10(14)7-9-5-3-2-4-6-9;12-9(11(14)15)5-7-6-13-10-4-2-1-3-8(7)10;4-2(1-5)3(6)7/h3-6,10,13-15H,7-9,19-21H2,1-2H3,(H,22,23);1-3,5-6,11-12H,4,7-9,16-17H2,(H4,18,19,20);8-11H,2-7,14-15H2,1H3,(H,16,17);1-4,6,9,13H,5,12H2,(H,14,15);2,5H,1,4H2,(H,6,7)/t13-,14-,15+;11-,12+;8-,10-,11+;9-;2-/m01000/s1. The van der Waals surface area contributed by atoms with Crippen LogP contribution in [0.2, 0.25) is 0 Å². The summed E-state index contributed by atoms with van der Waals surface area (Å²) in [5, 5.41) is 52.6. The zero-order valence-corrected chi connectivity index (χ0v) is 51.4. The zero-order chi connectivity index (χ0) is 68.9. The van der Waals surface area contributed by atoms with Crippen LogP contribution < -0.4 is 67.4 Å². The van der Waals surface area contributed by atoms with Gasteiger partial charge in [-0.05, 0) is 92.2 Å². The van der Waals surface area contributed by atoms with Crippen LogP contribution >= 0.6 is 0 Å². The van der Waals surface area contributed by atoms with Gasteiger partial charge in [0.1, 0.15) is 72.8 Å². The number of aromatic nitrogens is 1. The van der Waals surface area contributed by atoms with E-state index in [-0.39, 0.29) is 24.7 Å². The Bertz CT molecular complexity index is 2900. The quantitative estimate of drug-likeness (QED) is 0.00599. The Balaban J connectivity index is 0.000000594. The molecule has 1 fully saturated rings. The summed E-state index contributed by atoms with van der Waals surface area (Å²) in [6.45, 7) is 4.85. The van der Waals surface area contributed by atoms with E-state index >= 15 is 0 Å². The van der Waals surface area contributed by atoms with Gasteiger partial charge in [-0.3, -0.25) is 34.2 Å². The number of aliphatic carboxylic acids is 4. The number of aromatic amines is 1. The van der Waals surface area contributed by atoms with Crippen LogP contribution in [0.15, 0.2) is 85.1 Å². The minimum absolute atomic E-state index is 0.150. The van der Waals surface area contributed by atoms with E-state index in [2.05, 4.69) is 10.3 Å². The highest BCUT2D eigenvalue weighted by atomic mass is 16.6. The third-order valence-electron chi connectivity index (χ3n) is 13.4. The van der Waals surface area contributed by atoms with Gasteiger partial charge in [0.2, 0.25) is 0 Å². The molecule has 506 valence electrons. The van der Waals surface area contributed by atoms with E-state index in [0.717, 1.165) is 34.9 Å². The number of benzene rings is 3. The molecule has 31 nitrogen and oxygen atoms in total. The van der Waals surface area contributed by atoms with Gasteiger partial charge in [-0.15, -0.1) is 0 Å². The number of hydrogen-bond donors (Lipinski definition) is 18. The molecule has 3 aromatic carbocycles. The summed E-state index contributed by atoms with van der Waals surface area (Å²) in [4.78, 5) is 104. The van der Waals surface area contributed by atoms with Gasteiger partial charge in [-0.1, -0.05) is 107 Å². The van der Waals surface area contributed by atoms with Crippen molar-refractivity contribution in [2.75, 3.05) is 19.8 Å². The number of aliphatic hydroxyl groups is 1. The minimum Gasteiger partial charge on any atom is -0.480 e. The maximum Gasteiger partial charge on any atom is 0.330 e. The van der Waals surface area contributed by atoms with Crippen molar-refractivity contribution in [3.05, 3.63) is 102 Å². The molecule has 1 saturated carbocycles. The molecule has 0 bridgehead atoms. The van der Waals surface area contributed by atoms with Crippen LogP contribution in [-0.4, -0.2) is 170 Å². The third-order valence-corrected chi connectivity index (χ3v) is 13.4. The molecule has 1 heterocycles. The lowest BCUT2D eigenvalue weighted by Crippen LogP contribution is -2.45. The Kier molecular flexibility index (Phi) is 38.3. The summed E-state index contributed by atoms with van der Waals surface area (Å²) in [6.07, 6.45) is 9.52. The molecule has 0 spiro atoms. The lowest BCUT2D eigenvalue weighted by Gasteiger charge is -2.25. The van der Waals surface area contributed by atoms with Crippen molar-refractivity contribution in [1.29, 1.82) is 5.41 Å². The Labute approximate surface area is 527 Å². The number of aliphatic hydroxyl groups excluding tert-OH is 1. The molecule has 1 aliphatic rings. The van der Waals surface area contributed by atoms with Crippen LogP contribution in [0.4, 0.5) is 0 Å². The molecule has 31 heteroatoms. The highest BCUT2D eigenvalue weighted by Gasteiger charge is 2.29. The number of ether oxygens (including phenoxy) is 4. The van der Waals surface area contributed by atoms with Gasteiger partial charge >= 0.3 is 53.7 Å². The predicted octanol–water partition coefficient (Wildman–Crippen LogP) is -0.852. The Morgan fingerprint density at radius 3 is 1.66 bits per heavy atom. The van der Waals surface area contributed by atoms with Crippen LogP contribution in [0.5, 0.6) is 5.75 Å². The first-order valence-corrected chi connectivity index (χ1v) is 29.2. The van der Waals surface area contributed by atoms with Crippen molar-refractivity contribution in [2.45, 2.75) is 158 Å². The number of H-pyrrole nitrogens is 1. The minimum atomic E-state index is -1.29. The van der Waals surface area contributed by atoms with Crippen LogP contribution in [0, 0.1) is 17.2 Å². The van der Waals surface area contributed by atoms with Gasteiger partial charge in [-0.25, -0.2) is 14.4 Å². The summed E-state index contributed by atoms with van der Waals surface area (Å²) in [5.74, 6) is -7.09. The van der Waals surface area contributed by atoms with Gasteiger partial charge in [0.15, 0.2) is 5.96 Å². The van der Waals surface area contributed by atoms with Gasteiger partial charge in [-0.2, -0.15) is 0 Å². The van der Waals surface area contributed by atoms with Gasteiger partial charge in [0.05, 0.1) is 6.61 Å². The fourth-order valence-electron chi connectivity index (χ4n) is 8.17. The maximum atomic E-state index is 11.9. The number of hydrogen-bond acceptors (Lipinski definition) is 24. The van der Waals surface area contributed by atoms with Gasteiger partial charge in [0, 0.05) is 30.1 Å². The van der Waals surface area contributed by atoms with E-state index in [0.29, 0.717) is 55.9 Å². The largest absolute Gasteiger partial charge is 0.480 e. The molecule has 0 saturated heterocycles. The third kappa shape index (κ3) is 33.8. The molecule has 91 heavy (non-hydrogen) atoms. The molecule has 5 rings (SSSR count). The number of nitrogens with one attached hydrogen (secondary N) is 3. The van der Waals surface area contributed by atoms with Crippen LogP contribution in [-0.2, 0) is 76.6 Å². The number of rotatable bonds is 29. The van der Waals surface area contributed by atoms with Gasteiger partial charge in [0.25, 0.3) is 0 Å². The molecular formula is C60H93N13O18. The molecule has 0 radical (unpaired) electrons. The lowest BCUT2D eigenvalue weighted by atomic mass is 9.85. The van der Waals surface area contributed by atoms with Crippen molar-refractivity contribution in [3.8, 4) is 5.75 Å². The number of carbonyl (C=O) groups is 9. The normalized spacial score (nSPS) is 15.1. The molecular weight excluding hydrogens is 1190 g/mol. The maximum absolute atomic E-state index is 11.9. The number of esters is 5. The van der Waals surface area contributed by atoms with E-state index in [4.69, 9.17) is 107 Å². The Hall–Kier alpha value is -8.50. The predicted molar refractivity (Wildman–Crippen MR) is 335 cm³/mol. The highest BCUT2D eigenvalue weighted by Crippen LogP contribution is 2.27. The first-order chi connectivity index (χ1) is 42.8. The molecule has 0 aliphatic heterocycles. The smallest absolute Gasteiger partial charge is 0.330 e. The number of fused-ring (bicyclic) bond motifs is 1. The number of carboxylic acids is 4. The first kappa shape index (κ1) is 80.5. The van der Waals surface area contributed by atoms with E-state index in [1.165, 1.54) is 26.2 Å². The van der Waals surface area contributed by atoms with Crippen LogP contribution in [0.25, 0.3) is 10.9 Å². The Morgan fingerprint density at radius 2 is 1.13 bits per heavy atom. The SMILES string of the molecule is CC(C)C[C@H](N)C(=O)Oc1ccc(C[C@H](N)C(=O)OC[C@@H](N)C(=O)O)cc1.C[C@H](OC(=O)[C@@H](N)CC1CCCCC1)[C@@H](N)C(=O)O.N=C(N)NCCC[C@@H](N)C(=O)OC(=O)[C@@H](N)Cc1ccccc1.N[C@@H](CO)C(=O)O.N[C@@H](Cc1c[nH]c2ccccc12)C(=O)O. The number of carboxylic acid groups (broad SMARTS) is 4. The number of guanidine groups is 1. The number of nitrogens with two attached hydrogens (primary N) is 10. The molecule has 1 aromatic heterocycles. The van der Waals surface area contributed by atoms with E-state index < -0.39 is 127 Å². The summed E-state index contributed by atoms with van der Waals surface area (Å²) < 4.78 is 19.7. The second-order valence-electron chi connectivity index (χ2n) is 21.8. The molecule has 0 amide bonds. The second-order valence-corrected chi connectivity index (χ2v) is 21.8. The van der Waals surface area contributed by atoms with E-state index in [1.54, 1.807) is 24.3 Å². The summed E-state index contributed by atoms with van der Waals surface area (Å²) >= 11 is 0. The molecule has 0 unspecified atom stereocenters. The molecule has 28 N–H and O–H groups in total. The van der Waals surface area contributed by atoms with Crippen molar-refractivity contribution in [2.24, 2.45) is 69.2 Å². The second kappa shape index (κ2) is 43.3. The van der Waals surface area contributed by atoms with Crippen molar-refractivity contribution >= 4 is 70.6 Å². The highest BCUT2D eigenvalue weighted by molar-refractivity contribution is 5.91. The zero-order valence-electron chi connectivity index (χ0n) is 51.4. The van der Waals surface area contributed by atoms with Gasteiger partial charge < -0.3 is 112 Å². The fraction of sp³-hybridized carbons (Fsp3) is 0.500. The molecule has 4 aromatic rings. The summed E-state index contributed by atoms with van der Waals surface area (Å²) in [7, 11) is 0. The summed E-state index contributed by atoms with van der Waals surface area (Å²) in [6, 6.07) is 14.8. The van der Waals surface area contributed by atoms with Crippen molar-refractivity contribution in [1.82, 2.24) is 10.3 Å². The number of para-hydroxylation sites is 1. The van der Waals surface area contributed by atoms with Crippen LogP contribution in [0.3, 0.4) is 0 Å². The van der Waals surface area contributed by atoms with Crippen LogP contribution in [0.1, 0.15) is 95.2 Å². The topological polar surface area (TPSA) is 604 Å². The number of carbonyl (C=O) groups excluding carboxylic acids is 5. The van der Waals surface area contributed by atoms with Crippen molar-refractivity contribution < 1.29 is 87.6 Å².